The number of pyridine rings is 4. The number of fused-ring (bicyclic) bond motifs is 3. The van der Waals surface area contributed by atoms with Crippen molar-refractivity contribution in [3.63, 3.8) is 0 Å². The minimum atomic E-state index is -0.268. The number of imidazole rings is 1. The molecule has 6 aromatic heterocycles. The van der Waals surface area contributed by atoms with Gasteiger partial charge in [-0.1, -0.05) is 30.3 Å². The first-order valence-corrected chi connectivity index (χ1v) is 13.7. The highest BCUT2D eigenvalue weighted by Crippen LogP contribution is 2.32. The fourth-order valence-corrected chi connectivity index (χ4v) is 4.92. The number of carbonyl (C=O) groups is 1. The van der Waals surface area contributed by atoms with Crippen LogP contribution in [0.1, 0.15) is 10.4 Å². The number of nitrogen functional groups attached to an aromatic ring is 1. The van der Waals surface area contributed by atoms with Crippen molar-refractivity contribution in [2.24, 2.45) is 0 Å². The molecule has 0 aliphatic carbocycles. The molecular formula is C33H24N10O. The number of aromatic amines is 2. The summed E-state index contributed by atoms with van der Waals surface area (Å²) in [5.74, 6) is 0.272. The van der Waals surface area contributed by atoms with Gasteiger partial charge in [0.2, 0.25) is 0 Å². The van der Waals surface area contributed by atoms with E-state index in [4.69, 9.17) is 10.7 Å². The summed E-state index contributed by atoms with van der Waals surface area (Å²) in [7, 11) is 0. The number of hydrogen-bond acceptors (Lipinski definition) is 8. The van der Waals surface area contributed by atoms with E-state index in [1.54, 1.807) is 55.1 Å². The van der Waals surface area contributed by atoms with Crippen molar-refractivity contribution < 1.29 is 4.79 Å². The zero-order chi connectivity index (χ0) is 29.9. The van der Waals surface area contributed by atoms with Gasteiger partial charge < -0.3 is 16.0 Å². The number of H-pyrrole nitrogens is 2. The molecule has 212 valence electrons. The number of amides is 1. The molecule has 0 saturated heterocycles. The van der Waals surface area contributed by atoms with E-state index in [2.05, 4.69) is 46.5 Å². The van der Waals surface area contributed by atoms with Gasteiger partial charge in [-0.05, 0) is 47.9 Å². The van der Waals surface area contributed by atoms with Gasteiger partial charge in [-0.2, -0.15) is 5.10 Å². The van der Waals surface area contributed by atoms with Crippen LogP contribution in [0, 0.1) is 0 Å². The second-order valence-electron chi connectivity index (χ2n) is 9.87. The van der Waals surface area contributed by atoms with Crippen LogP contribution < -0.4 is 11.1 Å². The maximum absolute atomic E-state index is 13.0. The second kappa shape index (κ2) is 11.4. The normalized spacial score (nSPS) is 10.9. The molecule has 1 amide bonds. The molecule has 8 aromatic rings. The van der Waals surface area contributed by atoms with Crippen molar-refractivity contribution in [3.05, 3.63) is 122 Å². The van der Waals surface area contributed by atoms with Gasteiger partial charge in [0.15, 0.2) is 11.5 Å². The molecule has 5 N–H and O–H groups in total. The number of nitrogens with one attached hydrogen (secondary N) is 3. The van der Waals surface area contributed by atoms with Crippen LogP contribution in [0.25, 0.3) is 55.5 Å². The zero-order valence-electron chi connectivity index (χ0n) is 23.1. The van der Waals surface area contributed by atoms with Crippen LogP contribution in [0.4, 0.5) is 11.4 Å². The number of nitrogens with zero attached hydrogens (tertiary/aromatic N) is 6. The van der Waals surface area contributed by atoms with Crippen LogP contribution in [0.15, 0.2) is 116 Å². The van der Waals surface area contributed by atoms with E-state index in [0.29, 0.717) is 39.6 Å². The largest absolute Gasteiger partial charge is 0.397 e. The molecule has 11 heteroatoms. The highest BCUT2D eigenvalue weighted by molar-refractivity contribution is 6.12. The Morgan fingerprint density at radius 3 is 2.45 bits per heavy atom. The minimum absolute atomic E-state index is 0.268. The number of nitrogens with two attached hydrogens (primary N) is 1. The molecule has 0 atom stereocenters. The Morgan fingerprint density at radius 1 is 0.795 bits per heavy atom. The summed E-state index contributed by atoms with van der Waals surface area (Å²) < 4.78 is 0. The second-order valence-corrected chi connectivity index (χ2v) is 9.87. The molecule has 8 rings (SSSR count). The summed E-state index contributed by atoms with van der Waals surface area (Å²) in [4.78, 5) is 37.9. The average molecular weight is 577 g/mol. The van der Waals surface area contributed by atoms with Crippen molar-refractivity contribution in [3.8, 4) is 22.6 Å². The highest BCUT2D eigenvalue weighted by atomic mass is 16.1. The Balaban J connectivity index is 0.000000396. The Morgan fingerprint density at radius 2 is 1.66 bits per heavy atom. The summed E-state index contributed by atoms with van der Waals surface area (Å²) in [5.41, 5.74) is 11.5. The molecular weight excluding hydrogens is 552 g/mol. The van der Waals surface area contributed by atoms with Crippen molar-refractivity contribution in [1.82, 2.24) is 40.1 Å². The number of benzene rings is 2. The van der Waals surface area contributed by atoms with Gasteiger partial charge in [-0.25, -0.2) is 9.97 Å². The summed E-state index contributed by atoms with van der Waals surface area (Å²) in [6.07, 6.45) is 12.1. The van der Waals surface area contributed by atoms with Crippen molar-refractivity contribution in [1.29, 1.82) is 0 Å². The molecule has 0 aliphatic rings. The quantitative estimate of drug-likeness (QED) is 0.197. The van der Waals surface area contributed by atoms with Crippen LogP contribution >= 0.6 is 0 Å². The van der Waals surface area contributed by atoms with E-state index in [1.807, 2.05) is 55.0 Å². The molecule has 6 heterocycles. The lowest BCUT2D eigenvalue weighted by molar-refractivity contribution is 0.102. The van der Waals surface area contributed by atoms with E-state index in [-0.39, 0.29) is 5.91 Å². The van der Waals surface area contributed by atoms with Gasteiger partial charge in [-0.3, -0.25) is 24.8 Å². The highest BCUT2D eigenvalue weighted by Gasteiger charge is 2.18. The van der Waals surface area contributed by atoms with Crippen LogP contribution in [0.2, 0.25) is 0 Å². The number of anilines is 2. The third-order valence-corrected chi connectivity index (χ3v) is 6.98. The molecule has 0 fully saturated rings. The zero-order valence-corrected chi connectivity index (χ0v) is 23.1. The lowest BCUT2D eigenvalue weighted by Gasteiger charge is -2.06. The average Bonchev–Trinajstić information content (AvgIpc) is 3.69. The first kappa shape index (κ1) is 26.4. The molecule has 0 spiro atoms. The predicted molar refractivity (Wildman–Crippen MR) is 171 cm³/mol. The van der Waals surface area contributed by atoms with E-state index in [1.165, 1.54) is 0 Å². The van der Waals surface area contributed by atoms with Crippen LogP contribution in [-0.2, 0) is 0 Å². The molecule has 0 radical (unpaired) electrons. The van der Waals surface area contributed by atoms with Gasteiger partial charge in [0.25, 0.3) is 5.91 Å². The summed E-state index contributed by atoms with van der Waals surface area (Å²) in [6, 6.07) is 22.8. The first-order chi connectivity index (χ1) is 21.6. The molecule has 44 heavy (non-hydrogen) atoms. The first-order valence-electron chi connectivity index (χ1n) is 13.7. The van der Waals surface area contributed by atoms with Crippen molar-refractivity contribution >= 4 is 50.1 Å². The Hall–Kier alpha value is -6.49. The predicted octanol–water partition coefficient (Wildman–Crippen LogP) is 6.03. The fourth-order valence-electron chi connectivity index (χ4n) is 4.92. The van der Waals surface area contributed by atoms with Crippen LogP contribution in [0.5, 0.6) is 0 Å². The Bertz CT molecular complexity index is 2240. The van der Waals surface area contributed by atoms with Crippen LogP contribution in [-0.4, -0.2) is 46.0 Å². The monoisotopic (exact) mass is 576 g/mol. The van der Waals surface area contributed by atoms with E-state index in [0.717, 1.165) is 32.8 Å². The van der Waals surface area contributed by atoms with E-state index >= 15 is 0 Å². The van der Waals surface area contributed by atoms with Crippen molar-refractivity contribution in [2.45, 2.75) is 0 Å². The topological polar surface area (TPSA) is 164 Å². The summed E-state index contributed by atoms with van der Waals surface area (Å²) >= 11 is 0. The van der Waals surface area contributed by atoms with Gasteiger partial charge >= 0.3 is 0 Å². The standard InChI is InChI=1S/C28H18N8O.C5H6N2/c37-28(32-18-6-4-10-29-14-18)20-8-3-9-23-24(20)34-27(33-23)25-21-11-17(13-31-26(21)36-35-25)22-15-30-12-16-5-1-2-7-19(16)22;6-5-2-1-3-7-4-5/h1-15H,(H,32,37)(H,33,34)(H,31,35,36);1-4H,6H2. The number of aromatic nitrogens is 8. The Labute approximate surface area is 250 Å². The smallest absolute Gasteiger partial charge is 0.257 e. The number of para-hydroxylation sites is 1. The fraction of sp³-hybridized carbons (Fsp3) is 0. The molecule has 2 aromatic carbocycles. The minimum Gasteiger partial charge on any atom is -0.397 e. The SMILES string of the molecule is Nc1cccnc1.O=C(Nc1cccnc1)c1cccc2[nH]c(-c3n[nH]c4ncc(-c5cncc6ccccc56)cc34)nc12. The molecule has 0 saturated carbocycles. The van der Waals surface area contributed by atoms with Crippen LogP contribution in [0.3, 0.4) is 0 Å². The summed E-state index contributed by atoms with van der Waals surface area (Å²) in [6.45, 7) is 0. The van der Waals surface area contributed by atoms with E-state index < -0.39 is 0 Å². The number of carbonyl (C=O) groups excluding carboxylic acids is 1. The summed E-state index contributed by atoms with van der Waals surface area (Å²) in [5, 5.41) is 13.3. The number of rotatable bonds is 4. The van der Waals surface area contributed by atoms with Gasteiger partial charge in [0.1, 0.15) is 11.2 Å². The Kier molecular flexibility index (Phi) is 6.85. The number of hydrogen-bond donors (Lipinski definition) is 4. The lowest BCUT2D eigenvalue weighted by atomic mass is 10.0. The van der Waals surface area contributed by atoms with Gasteiger partial charge in [-0.15, -0.1) is 0 Å². The maximum Gasteiger partial charge on any atom is 0.257 e. The molecule has 0 unspecified atom stereocenters. The van der Waals surface area contributed by atoms with Gasteiger partial charge in [0, 0.05) is 53.7 Å². The maximum atomic E-state index is 13.0. The van der Waals surface area contributed by atoms with Gasteiger partial charge in [0.05, 0.1) is 34.0 Å². The third-order valence-electron chi connectivity index (χ3n) is 6.98. The third kappa shape index (κ3) is 5.16. The molecule has 0 aliphatic heterocycles. The van der Waals surface area contributed by atoms with Crippen molar-refractivity contribution in [2.75, 3.05) is 11.1 Å². The lowest BCUT2D eigenvalue weighted by Crippen LogP contribution is -2.12. The molecule has 0 bridgehead atoms. The molecule has 11 nitrogen and oxygen atoms in total. The van der Waals surface area contributed by atoms with E-state index in [9.17, 15) is 4.79 Å².